The van der Waals surface area contributed by atoms with E-state index in [1.165, 1.54) is 0 Å². The minimum absolute atomic E-state index is 0.0691. The largest absolute Gasteiger partial charge is 0.308 e. The molecule has 0 aromatic heterocycles. The zero-order valence-electron chi connectivity index (χ0n) is 12.3. The second kappa shape index (κ2) is 6.48. The van der Waals surface area contributed by atoms with Crippen molar-refractivity contribution in [2.45, 2.75) is 13.3 Å². The molecule has 4 heteroatoms. The van der Waals surface area contributed by atoms with Crippen LogP contribution in [0.15, 0.2) is 41.0 Å². The summed E-state index contributed by atoms with van der Waals surface area (Å²) in [6.45, 7) is 3.42. The Morgan fingerprint density at radius 3 is 2.65 bits per heavy atom. The van der Waals surface area contributed by atoms with E-state index in [-0.39, 0.29) is 5.91 Å². The van der Waals surface area contributed by atoms with Gasteiger partial charge in [0.15, 0.2) is 0 Å². The van der Waals surface area contributed by atoms with Gasteiger partial charge in [-0.15, -0.1) is 0 Å². The molecule has 1 amide bonds. The van der Waals surface area contributed by atoms with Crippen molar-refractivity contribution in [2.75, 3.05) is 27.2 Å². The van der Waals surface area contributed by atoms with Gasteiger partial charge in [0, 0.05) is 6.54 Å². The Balaban J connectivity index is 2.14. The predicted octanol–water partition coefficient (Wildman–Crippen LogP) is 2.24. The van der Waals surface area contributed by atoms with Gasteiger partial charge in [-0.3, -0.25) is 4.79 Å². The van der Waals surface area contributed by atoms with Gasteiger partial charge in [-0.05, 0) is 38.2 Å². The first-order chi connectivity index (χ1) is 9.56. The topological polar surface area (TPSA) is 35.9 Å². The highest BCUT2D eigenvalue weighted by Gasteiger charge is 2.21. The fourth-order valence-electron chi connectivity index (χ4n) is 2.06. The maximum atomic E-state index is 12.1. The first-order valence-electron chi connectivity index (χ1n) is 6.82. The minimum Gasteiger partial charge on any atom is -0.308 e. The van der Waals surface area contributed by atoms with Crippen LogP contribution in [-0.4, -0.2) is 48.7 Å². The molecule has 0 saturated heterocycles. The minimum atomic E-state index is 0.0691. The Bertz CT molecular complexity index is 532. The number of likely N-dealkylation sites (N-methyl/N-ethyl adjacent to an activating group) is 1. The maximum absolute atomic E-state index is 12.1. The number of carbonyl (C=O) groups is 1. The third-order valence-electron chi connectivity index (χ3n) is 3.26. The zero-order chi connectivity index (χ0) is 14.5. The molecule has 0 atom stereocenters. The van der Waals surface area contributed by atoms with Crippen molar-refractivity contribution in [3.05, 3.63) is 41.5 Å². The van der Waals surface area contributed by atoms with Crippen LogP contribution >= 0.6 is 0 Å². The Kier molecular flexibility index (Phi) is 4.69. The summed E-state index contributed by atoms with van der Waals surface area (Å²) in [4.78, 5) is 14.2. The van der Waals surface area contributed by atoms with E-state index >= 15 is 0 Å². The molecule has 2 rings (SSSR count). The molecule has 0 fully saturated rings. The van der Waals surface area contributed by atoms with Crippen LogP contribution in [0.4, 0.5) is 0 Å². The number of benzene rings is 1. The second-order valence-corrected chi connectivity index (χ2v) is 5.26. The van der Waals surface area contributed by atoms with Gasteiger partial charge in [0.2, 0.25) is 5.91 Å². The number of carbonyl (C=O) groups excluding carboxylic acids is 1. The van der Waals surface area contributed by atoms with Crippen molar-refractivity contribution in [1.29, 1.82) is 0 Å². The van der Waals surface area contributed by atoms with Crippen molar-refractivity contribution in [3.63, 3.8) is 0 Å². The Morgan fingerprint density at radius 1 is 1.30 bits per heavy atom. The fourth-order valence-corrected chi connectivity index (χ4v) is 2.06. The van der Waals surface area contributed by atoms with Crippen molar-refractivity contribution in [1.82, 2.24) is 9.91 Å². The molecule has 4 nitrogen and oxygen atoms in total. The molecule has 0 spiro atoms. The van der Waals surface area contributed by atoms with Crippen LogP contribution < -0.4 is 0 Å². The Hall–Kier alpha value is -1.94. The van der Waals surface area contributed by atoms with E-state index in [9.17, 15) is 4.79 Å². The first-order valence-corrected chi connectivity index (χ1v) is 6.82. The SMILES string of the molecule is CC1=NN(CCN(C)C)C(=O)C/C1=C/c1ccccc1. The van der Waals surface area contributed by atoms with E-state index < -0.39 is 0 Å². The third-order valence-corrected chi connectivity index (χ3v) is 3.26. The van der Waals surface area contributed by atoms with Crippen molar-refractivity contribution < 1.29 is 4.79 Å². The van der Waals surface area contributed by atoms with Gasteiger partial charge in [-0.1, -0.05) is 30.3 Å². The molecule has 106 valence electrons. The van der Waals surface area contributed by atoms with Crippen LogP contribution in [0.3, 0.4) is 0 Å². The summed E-state index contributed by atoms with van der Waals surface area (Å²) in [6.07, 6.45) is 2.47. The van der Waals surface area contributed by atoms with Crippen LogP contribution in [-0.2, 0) is 4.79 Å². The summed E-state index contributed by atoms with van der Waals surface area (Å²) < 4.78 is 0. The number of nitrogens with zero attached hydrogens (tertiary/aromatic N) is 3. The van der Waals surface area contributed by atoms with Crippen molar-refractivity contribution >= 4 is 17.7 Å². The molecule has 0 N–H and O–H groups in total. The van der Waals surface area contributed by atoms with E-state index in [1.807, 2.05) is 62.3 Å². The van der Waals surface area contributed by atoms with Gasteiger partial charge in [0.1, 0.15) is 0 Å². The lowest BCUT2D eigenvalue weighted by molar-refractivity contribution is -0.131. The normalized spacial score (nSPS) is 17.8. The molecule has 0 radical (unpaired) electrons. The molecule has 1 heterocycles. The van der Waals surface area contributed by atoms with Crippen LogP contribution in [0.5, 0.6) is 0 Å². The second-order valence-electron chi connectivity index (χ2n) is 5.26. The van der Waals surface area contributed by atoms with E-state index in [4.69, 9.17) is 0 Å². The molecule has 0 unspecified atom stereocenters. The quantitative estimate of drug-likeness (QED) is 0.842. The lowest BCUT2D eigenvalue weighted by Gasteiger charge is -2.25. The van der Waals surface area contributed by atoms with Gasteiger partial charge in [0.25, 0.3) is 0 Å². The molecule has 20 heavy (non-hydrogen) atoms. The monoisotopic (exact) mass is 271 g/mol. The molecule has 1 aliphatic heterocycles. The molecular formula is C16H21N3O. The van der Waals surface area contributed by atoms with E-state index in [0.29, 0.717) is 13.0 Å². The number of hydrogen-bond donors (Lipinski definition) is 0. The molecular weight excluding hydrogens is 250 g/mol. The highest BCUT2D eigenvalue weighted by atomic mass is 16.2. The van der Waals surface area contributed by atoms with E-state index in [2.05, 4.69) is 5.10 Å². The van der Waals surface area contributed by atoms with Crippen LogP contribution in [0, 0.1) is 0 Å². The van der Waals surface area contributed by atoms with Crippen LogP contribution in [0.25, 0.3) is 6.08 Å². The number of amides is 1. The Morgan fingerprint density at radius 2 is 2.00 bits per heavy atom. The molecule has 0 bridgehead atoms. The maximum Gasteiger partial charge on any atom is 0.247 e. The lowest BCUT2D eigenvalue weighted by atomic mass is 10.0. The molecule has 0 aliphatic carbocycles. The average molecular weight is 271 g/mol. The molecule has 1 aromatic carbocycles. The fraction of sp³-hybridized carbons (Fsp3) is 0.375. The van der Waals surface area contributed by atoms with Gasteiger partial charge in [-0.25, -0.2) is 5.01 Å². The number of hydrazone groups is 1. The number of rotatable bonds is 4. The predicted molar refractivity (Wildman–Crippen MR) is 82.4 cm³/mol. The molecule has 0 saturated carbocycles. The molecule has 1 aliphatic rings. The highest BCUT2D eigenvalue weighted by Crippen LogP contribution is 2.18. The first kappa shape index (κ1) is 14.5. The standard InChI is InChI=1S/C16H21N3O/c1-13-15(11-14-7-5-4-6-8-14)12-16(20)19(17-13)10-9-18(2)3/h4-8,11H,9-10,12H2,1-3H3/b15-11-. The van der Waals surface area contributed by atoms with Gasteiger partial charge in [-0.2, -0.15) is 5.10 Å². The third kappa shape index (κ3) is 3.78. The van der Waals surface area contributed by atoms with E-state index in [1.54, 1.807) is 5.01 Å². The zero-order valence-corrected chi connectivity index (χ0v) is 12.3. The summed E-state index contributed by atoms with van der Waals surface area (Å²) in [5, 5.41) is 6.00. The van der Waals surface area contributed by atoms with Gasteiger partial charge >= 0.3 is 0 Å². The van der Waals surface area contributed by atoms with Crippen molar-refractivity contribution in [3.8, 4) is 0 Å². The summed E-state index contributed by atoms with van der Waals surface area (Å²) in [6, 6.07) is 10.0. The van der Waals surface area contributed by atoms with Gasteiger partial charge in [0.05, 0.1) is 18.7 Å². The molecule has 1 aromatic rings. The van der Waals surface area contributed by atoms with Crippen molar-refractivity contribution in [2.24, 2.45) is 5.10 Å². The summed E-state index contributed by atoms with van der Waals surface area (Å²) in [5.74, 6) is 0.0691. The number of hydrogen-bond acceptors (Lipinski definition) is 3. The highest BCUT2D eigenvalue weighted by molar-refractivity contribution is 6.08. The average Bonchev–Trinajstić information content (AvgIpc) is 2.42. The Labute approximate surface area is 120 Å². The van der Waals surface area contributed by atoms with Crippen LogP contribution in [0.1, 0.15) is 18.9 Å². The summed E-state index contributed by atoms with van der Waals surface area (Å²) in [7, 11) is 3.98. The van der Waals surface area contributed by atoms with E-state index in [0.717, 1.165) is 23.4 Å². The summed E-state index contributed by atoms with van der Waals surface area (Å²) in [5.41, 5.74) is 3.03. The smallest absolute Gasteiger partial charge is 0.247 e. The summed E-state index contributed by atoms with van der Waals surface area (Å²) >= 11 is 0. The lowest BCUT2D eigenvalue weighted by Crippen LogP contribution is -2.36. The van der Waals surface area contributed by atoms with Gasteiger partial charge < -0.3 is 4.90 Å². The van der Waals surface area contributed by atoms with Crippen LogP contribution in [0.2, 0.25) is 0 Å².